The van der Waals surface area contributed by atoms with Crippen LogP contribution in [0.1, 0.15) is 78.2 Å². The van der Waals surface area contributed by atoms with Gasteiger partial charge in [-0.05, 0) is 92.2 Å². The molecule has 4 aromatic rings. The molecule has 4 N–H and O–H groups in total. The van der Waals surface area contributed by atoms with Gasteiger partial charge in [-0.1, -0.05) is 106 Å². The van der Waals surface area contributed by atoms with E-state index in [2.05, 4.69) is 94.9 Å². The Morgan fingerprint density at radius 3 is 2.15 bits per heavy atom. The second-order valence-electron chi connectivity index (χ2n) is 15.6. The molecule has 3 aliphatic rings. The average Bonchev–Trinajstić information content (AvgIpc) is 4.12. The minimum absolute atomic E-state index is 0.221. The zero-order valence-corrected chi connectivity index (χ0v) is 35.5. The molecule has 1 aromatic heterocycles. The van der Waals surface area contributed by atoms with E-state index in [4.69, 9.17) is 9.47 Å². The highest BCUT2D eigenvalue weighted by Crippen LogP contribution is 2.48. The summed E-state index contributed by atoms with van der Waals surface area (Å²) in [6, 6.07) is 25.4. The highest BCUT2D eigenvalue weighted by atomic mass is 16.5. The summed E-state index contributed by atoms with van der Waals surface area (Å²) < 4.78 is 10.1. The van der Waals surface area contributed by atoms with Crippen molar-refractivity contribution in [3.8, 4) is 22.4 Å². The van der Waals surface area contributed by atoms with Crippen molar-refractivity contribution >= 4 is 29.3 Å². The number of allylic oxidation sites excluding steroid dienone is 1. The van der Waals surface area contributed by atoms with Crippen LogP contribution in [0.25, 0.3) is 28.1 Å². The first kappa shape index (κ1) is 44.4. The molecule has 2 aliphatic carbocycles. The molecule has 1 saturated heterocycles. The molecule has 2 heterocycles. The molecule has 3 fully saturated rings. The largest absolute Gasteiger partial charge is 0.453 e. The maximum atomic E-state index is 13.5. The van der Waals surface area contributed by atoms with Gasteiger partial charge in [-0.2, -0.15) is 0 Å². The normalized spacial score (nSPS) is 20.2. The Labute approximate surface area is 350 Å². The number of H-pyrrole nitrogens is 1. The summed E-state index contributed by atoms with van der Waals surface area (Å²) in [5, 5.41) is 9.09. The standard InChI is InChI=1S/C31H37N5O4.C14H17NO.C3H8/c1-6-26(24-13-9-22(10-14-24)23-11-15-25(16-12-23)27-18-32-19-33-27)34-20(2)28-8-7-17-36(28)30(37)29(21(3)39-4)35-31(38)40-5;16-14(15-12-4-2-1-3-5-12)13-9-10-6-7-11(13)8-10;1-3-2/h6,9-16,18-19,21,28-29,34H,2,7-8,17H2,1,3-5H3,(H,32,33)(H,35,38);1-5,10-11,13H,6-9H2,(H,15,16);3H2,1-2H3/b26-6-;;. The Morgan fingerprint density at radius 1 is 0.932 bits per heavy atom. The summed E-state index contributed by atoms with van der Waals surface area (Å²) in [5.41, 5.74) is 7.86. The number of hydrogen-bond acceptors (Lipinski definition) is 7. The van der Waals surface area contributed by atoms with Crippen molar-refractivity contribution < 1.29 is 23.9 Å². The van der Waals surface area contributed by atoms with E-state index in [1.165, 1.54) is 39.9 Å². The van der Waals surface area contributed by atoms with E-state index in [9.17, 15) is 14.4 Å². The van der Waals surface area contributed by atoms with Gasteiger partial charge in [0, 0.05) is 36.7 Å². The molecule has 7 rings (SSSR count). The van der Waals surface area contributed by atoms with Crippen LogP contribution >= 0.6 is 0 Å². The quantitative estimate of drug-likeness (QED) is 0.112. The molecular weight excluding hydrogens is 741 g/mol. The first-order valence-corrected chi connectivity index (χ1v) is 21.0. The lowest BCUT2D eigenvalue weighted by molar-refractivity contribution is -0.136. The molecule has 2 saturated carbocycles. The number of rotatable bonds is 12. The maximum absolute atomic E-state index is 13.5. The van der Waals surface area contributed by atoms with Crippen LogP contribution in [0.4, 0.5) is 10.5 Å². The topological polar surface area (TPSA) is 138 Å². The number of alkyl carbamates (subject to hydrolysis) is 1. The van der Waals surface area contributed by atoms with Crippen LogP contribution < -0.4 is 16.0 Å². The third-order valence-corrected chi connectivity index (χ3v) is 11.4. The van der Waals surface area contributed by atoms with E-state index < -0.39 is 18.2 Å². The fraction of sp³-hybridized carbons (Fsp3) is 0.417. The Hall–Kier alpha value is -5.68. The number of anilines is 1. The molecule has 314 valence electrons. The second kappa shape index (κ2) is 21.9. The SMILES string of the molecule is C=C(N/C(=C\C)c1ccc(-c2ccc(-c3cnc[nH]3)cc2)cc1)C1CCCN1C(=O)C(NC(=O)OC)C(C)OC.CCC.O=C(Nc1ccccc1)C1CC2CCC1C2. The molecule has 0 spiro atoms. The molecule has 11 heteroatoms. The molecular formula is C48H62N6O5. The monoisotopic (exact) mass is 802 g/mol. The van der Waals surface area contributed by atoms with E-state index >= 15 is 0 Å². The number of amides is 3. The zero-order chi connectivity index (χ0) is 42.3. The van der Waals surface area contributed by atoms with Crippen LogP contribution in [0.3, 0.4) is 0 Å². The lowest BCUT2D eigenvalue weighted by Crippen LogP contribution is -2.55. The molecule has 6 atom stereocenters. The van der Waals surface area contributed by atoms with Crippen molar-refractivity contribution in [2.45, 2.75) is 90.8 Å². The predicted octanol–water partition coefficient (Wildman–Crippen LogP) is 9.44. The van der Waals surface area contributed by atoms with Gasteiger partial charge in [0.05, 0.1) is 37.5 Å². The summed E-state index contributed by atoms with van der Waals surface area (Å²) in [4.78, 5) is 46.4. The van der Waals surface area contributed by atoms with Gasteiger partial charge >= 0.3 is 6.09 Å². The van der Waals surface area contributed by atoms with Crippen LogP contribution in [0.5, 0.6) is 0 Å². The first-order valence-electron chi connectivity index (χ1n) is 21.0. The number of nitrogens with zero attached hydrogens (tertiary/aromatic N) is 2. The third kappa shape index (κ3) is 11.7. The van der Waals surface area contributed by atoms with E-state index in [1.807, 2.05) is 49.5 Å². The number of benzene rings is 3. The Balaban J connectivity index is 0.000000285. The Kier molecular flexibility index (Phi) is 16.5. The number of aromatic nitrogens is 2. The van der Waals surface area contributed by atoms with Gasteiger partial charge in [0.1, 0.15) is 6.04 Å². The second-order valence-corrected chi connectivity index (χ2v) is 15.6. The molecule has 6 unspecified atom stereocenters. The van der Waals surface area contributed by atoms with E-state index in [-0.39, 0.29) is 23.8 Å². The molecule has 1 aliphatic heterocycles. The number of fused-ring (bicyclic) bond motifs is 2. The summed E-state index contributed by atoms with van der Waals surface area (Å²) in [6.07, 6.45) is 12.1. The number of hydrogen-bond donors (Lipinski definition) is 4. The smallest absolute Gasteiger partial charge is 0.407 e. The summed E-state index contributed by atoms with van der Waals surface area (Å²) >= 11 is 0. The molecule has 11 nitrogen and oxygen atoms in total. The molecule has 2 bridgehead atoms. The van der Waals surface area contributed by atoms with Crippen molar-refractivity contribution in [1.29, 1.82) is 0 Å². The lowest BCUT2D eigenvalue weighted by Gasteiger charge is -2.32. The number of aromatic amines is 1. The van der Waals surface area contributed by atoms with Gasteiger partial charge in [0.15, 0.2) is 0 Å². The van der Waals surface area contributed by atoms with E-state index in [0.29, 0.717) is 12.5 Å². The average molecular weight is 803 g/mol. The predicted molar refractivity (Wildman–Crippen MR) is 236 cm³/mol. The Bertz CT molecular complexity index is 1980. The summed E-state index contributed by atoms with van der Waals surface area (Å²) in [6.45, 7) is 12.8. The number of nitrogens with one attached hydrogen (secondary N) is 4. The molecule has 3 amide bonds. The van der Waals surface area contributed by atoms with Gasteiger partial charge in [-0.3, -0.25) is 9.59 Å². The van der Waals surface area contributed by atoms with Crippen molar-refractivity contribution in [3.63, 3.8) is 0 Å². The number of para-hydroxylation sites is 1. The zero-order valence-electron chi connectivity index (χ0n) is 35.5. The van der Waals surface area contributed by atoms with Crippen molar-refractivity contribution in [1.82, 2.24) is 25.5 Å². The maximum Gasteiger partial charge on any atom is 0.407 e. The van der Waals surface area contributed by atoms with Crippen molar-refractivity contribution in [2.24, 2.45) is 17.8 Å². The number of ether oxygens (including phenoxy) is 2. The van der Waals surface area contributed by atoms with Crippen LogP contribution in [0, 0.1) is 17.8 Å². The third-order valence-electron chi connectivity index (χ3n) is 11.4. The first-order chi connectivity index (χ1) is 28.6. The summed E-state index contributed by atoms with van der Waals surface area (Å²) in [7, 11) is 2.77. The highest BCUT2D eigenvalue weighted by molar-refractivity contribution is 5.93. The van der Waals surface area contributed by atoms with Crippen molar-refractivity contribution in [3.05, 3.63) is 115 Å². The molecule has 0 radical (unpaired) electrons. The number of carbonyl (C=O) groups excluding carboxylic acids is 3. The van der Waals surface area contributed by atoms with E-state index in [0.717, 1.165) is 70.2 Å². The lowest BCUT2D eigenvalue weighted by atomic mass is 9.88. The van der Waals surface area contributed by atoms with Crippen molar-refractivity contribution in [2.75, 3.05) is 26.1 Å². The van der Waals surface area contributed by atoms with E-state index in [1.54, 1.807) is 18.2 Å². The van der Waals surface area contributed by atoms with Gasteiger partial charge in [-0.15, -0.1) is 0 Å². The van der Waals surface area contributed by atoms with Crippen LogP contribution in [0.2, 0.25) is 0 Å². The van der Waals surface area contributed by atoms with Gasteiger partial charge in [-0.25, -0.2) is 9.78 Å². The minimum Gasteiger partial charge on any atom is -0.453 e. The van der Waals surface area contributed by atoms with Crippen LogP contribution in [-0.2, 0) is 19.1 Å². The Morgan fingerprint density at radius 2 is 1.59 bits per heavy atom. The highest BCUT2D eigenvalue weighted by Gasteiger charge is 2.43. The van der Waals surface area contributed by atoms with Gasteiger partial charge in [0.25, 0.3) is 0 Å². The number of carbonyl (C=O) groups is 3. The number of imidazole rings is 1. The van der Waals surface area contributed by atoms with Gasteiger partial charge < -0.3 is 35.3 Å². The van der Waals surface area contributed by atoms with Crippen LogP contribution in [-0.4, -0.2) is 71.7 Å². The summed E-state index contributed by atoms with van der Waals surface area (Å²) in [5.74, 6) is 1.78. The molecule has 3 aromatic carbocycles. The minimum atomic E-state index is -0.867. The van der Waals surface area contributed by atoms with Crippen LogP contribution in [0.15, 0.2) is 110 Å². The fourth-order valence-electron chi connectivity index (χ4n) is 8.26. The van der Waals surface area contributed by atoms with Gasteiger partial charge in [0.2, 0.25) is 11.8 Å². The number of methoxy groups -OCH3 is 2. The fourth-order valence-corrected chi connectivity index (χ4v) is 8.26. The number of likely N-dealkylation sites (tertiary alicyclic amines) is 1. The molecule has 59 heavy (non-hydrogen) atoms.